The minimum absolute atomic E-state index is 0.0788. The summed E-state index contributed by atoms with van der Waals surface area (Å²) in [6.07, 6.45) is 0.808. The molecule has 2 fully saturated rings. The van der Waals surface area contributed by atoms with Gasteiger partial charge in [0.05, 0.1) is 0 Å². The third-order valence-electron chi connectivity index (χ3n) is 4.05. The molecule has 1 heterocycles. The van der Waals surface area contributed by atoms with E-state index >= 15 is 0 Å². The average Bonchev–Trinajstić information content (AvgIpc) is 2.59. The van der Waals surface area contributed by atoms with Crippen molar-refractivity contribution in [3.63, 3.8) is 0 Å². The quantitative estimate of drug-likeness (QED) is 0.745. The molecule has 0 aromatic heterocycles. The van der Waals surface area contributed by atoms with Gasteiger partial charge in [-0.15, -0.1) is 11.6 Å². The highest BCUT2D eigenvalue weighted by Crippen LogP contribution is 2.39. The lowest BCUT2D eigenvalue weighted by Gasteiger charge is -2.24. The predicted octanol–water partition coefficient (Wildman–Crippen LogP) is 2.19. The van der Waals surface area contributed by atoms with Gasteiger partial charge >= 0.3 is 0 Å². The van der Waals surface area contributed by atoms with Crippen LogP contribution in [0, 0.1) is 5.92 Å². The Morgan fingerprint density at radius 1 is 1.26 bits per heavy atom. The Hall–Kier alpha value is -0.420. The van der Waals surface area contributed by atoms with Crippen LogP contribution in [0.25, 0.3) is 0 Å². The first kappa shape index (κ1) is 15.0. The molecule has 1 aliphatic carbocycles. The summed E-state index contributed by atoms with van der Waals surface area (Å²) in [6, 6.07) is 0. The van der Waals surface area contributed by atoms with Crippen LogP contribution in [0.15, 0.2) is 0 Å². The summed E-state index contributed by atoms with van der Waals surface area (Å²) in [5.41, 5.74) is 0. The van der Waals surface area contributed by atoms with Crippen molar-refractivity contribution in [2.24, 2.45) is 5.92 Å². The molecule has 2 aliphatic rings. The van der Waals surface area contributed by atoms with Crippen LogP contribution in [0.1, 0.15) is 25.7 Å². The lowest BCUT2D eigenvalue weighted by Crippen LogP contribution is -2.39. The maximum atomic E-state index is 13.2. The van der Waals surface area contributed by atoms with Crippen LogP contribution in [0.5, 0.6) is 0 Å². The summed E-state index contributed by atoms with van der Waals surface area (Å²) < 4.78 is 26.3. The Kier molecular flexibility index (Phi) is 5.01. The van der Waals surface area contributed by atoms with Gasteiger partial charge in [0, 0.05) is 50.8 Å². The molecule has 1 unspecified atom stereocenters. The molecule has 6 heteroatoms. The van der Waals surface area contributed by atoms with Gasteiger partial charge in [-0.2, -0.15) is 0 Å². The van der Waals surface area contributed by atoms with Crippen molar-refractivity contribution in [2.75, 3.05) is 38.6 Å². The van der Waals surface area contributed by atoms with Gasteiger partial charge in [-0.3, -0.25) is 4.79 Å². The Morgan fingerprint density at radius 3 is 2.68 bits per heavy atom. The van der Waals surface area contributed by atoms with Gasteiger partial charge in [-0.25, -0.2) is 8.78 Å². The fourth-order valence-corrected chi connectivity index (χ4v) is 3.19. The zero-order valence-corrected chi connectivity index (χ0v) is 11.8. The lowest BCUT2D eigenvalue weighted by atomic mass is 10.1. The van der Waals surface area contributed by atoms with Crippen molar-refractivity contribution >= 4 is 17.5 Å². The number of hydrogen-bond acceptors (Lipinski definition) is 2. The van der Waals surface area contributed by atoms with E-state index in [0.29, 0.717) is 25.4 Å². The van der Waals surface area contributed by atoms with Crippen LogP contribution in [-0.2, 0) is 4.79 Å². The molecule has 3 nitrogen and oxygen atoms in total. The molecule has 1 atom stereocenters. The van der Waals surface area contributed by atoms with Crippen LogP contribution in [0.3, 0.4) is 0 Å². The van der Waals surface area contributed by atoms with Crippen LogP contribution in [0.2, 0.25) is 0 Å². The van der Waals surface area contributed by atoms with Crippen molar-refractivity contribution in [1.82, 2.24) is 9.80 Å². The molecule has 0 N–H and O–H groups in total. The Bertz CT molecular complexity index is 328. The first-order valence-electron chi connectivity index (χ1n) is 6.97. The number of carbonyl (C=O) groups excluding carboxylic acids is 1. The lowest BCUT2D eigenvalue weighted by molar-refractivity contribution is -0.136. The SMILES string of the molecule is O=C(C1CCC(F)(F)C1)N1CCCN(CCCl)CC1. The normalized spacial score (nSPS) is 28.4. The maximum absolute atomic E-state index is 13.2. The largest absolute Gasteiger partial charge is 0.341 e. The average molecular weight is 295 g/mol. The summed E-state index contributed by atoms with van der Waals surface area (Å²) in [4.78, 5) is 16.2. The molecule has 1 aliphatic heterocycles. The van der Waals surface area contributed by atoms with Crippen molar-refractivity contribution in [3.8, 4) is 0 Å². The highest BCUT2D eigenvalue weighted by atomic mass is 35.5. The van der Waals surface area contributed by atoms with Crippen LogP contribution < -0.4 is 0 Å². The second-order valence-corrected chi connectivity index (χ2v) is 5.88. The fraction of sp³-hybridized carbons (Fsp3) is 0.923. The standard InChI is InChI=1S/C13H21ClF2N2O/c14-4-7-17-5-1-6-18(9-8-17)12(19)11-2-3-13(15,16)10-11/h11H,1-10H2. The maximum Gasteiger partial charge on any atom is 0.248 e. The van der Waals surface area contributed by atoms with Gasteiger partial charge in [-0.1, -0.05) is 0 Å². The van der Waals surface area contributed by atoms with E-state index in [0.717, 1.165) is 26.1 Å². The number of alkyl halides is 3. The fourth-order valence-electron chi connectivity index (χ4n) is 2.95. The van der Waals surface area contributed by atoms with E-state index in [1.807, 2.05) is 0 Å². The predicted molar refractivity (Wildman–Crippen MR) is 70.6 cm³/mol. The number of hydrogen-bond donors (Lipinski definition) is 0. The van der Waals surface area contributed by atoms with Gasteiger partial charge in [0.25, 0.3) is 0 Å². The van der Waals surface area contributed by atoms with E-state index in [1.165, 1.54) is 0 Å². The minimum atomic E-state index is -2.64. The van der Waals surface area contributed by atoms with Gasteiger partial charge < -0.3 is 9.80 Å². The number of amides is 1. The molecule has 1 saturated heterocycles. The smallest absolute Gasteiger partial charge is 0.248 e. The van der Waals surface area contributed by atoms with E-state index in [4.69, 9.17) is 11.6 Å². The number of carbonyl (C=O) groups is 1. The van der Waals surface area contributed by atoms with Gasteiger partial charge in [-0.05, 0) is 19.4 Å². The molecule has 2 rings (SSSR count). The second kappa shape index (κ2) is 6.35. The summed E-state index contributed by atoms with van der Waals surface area (Å²) in [6.45, 7) is 3.86. The van der Waals surface area contributed by atoms with E-state index in [9.17, 15) is 13.6 Å². The zero-order valence-electron chi connectivity index (χ0n) is 11.1. The van der Waals surface area contributed by atoms with Crippen LogP contribution in [-0.4, -0.2) is 60.2 Å². The first-order chi connectivity index (χ1) is 9.02. The second-order valence-electron chi connectivity index (χ2n) is 5.51. The topological polar surface area (TPSA) is 23.6 Å². The van der Waals surface area contributed by atoms with E-state index < -0.39 is 11.8 Å². The van der Waals surface area contributed by atoms with E-state index in [-0.39, 0.29) is 18.7 Å². The number of nitrogens with zero attached hydrogens (tertiary/aromatic N) is 2. The molecule has 1 saturated carbocycles. The van der Waals surface area contributed by atoms with E-state index in [1.54, 1.807) is 4.90 Å². The summed E-state index contributed by atoms with van der Waals surface area (Å²) >= 11 is 5.72. The minimum Gasteiger partial charge on any atom is -0.341 e. The van der Waals surface area contributed by atoms with Crippen molar-refractivity contribution in [1.29, 1.82) is 0 Å². The Labute approximate surface area is 117 Å². The molecule has 19 heavy (non-hydrogen) atoms. The third kappa shape index (κ3) is 4.02. The van der Waals surface area contributed by atoms with Crippen molar-refractivity contribution in [2.45, 2.75) is 31.6 Å². The monoisotopic (exact) mass is 294 g/mol. The van der Waals surface area contributed by atoms with Crippen LogP contribution in [0.4, 0.5) is 8.78 Å². The summed E-state index contributed by atoms with van der Waals surface area (Å²) in [5, 5.41) is 0. The molecular weight excluding hydrogens is 274 g/mol. The Balaban J connectivity index is 1.86. The van der Waals surface area contributed by atoms with E-state index in [2.05, 4.69) is 4.90 Å². The Morgan fingerprint density at radius 2 is 2.05 bits per heavy atom. The van der Waals surface area contributed by atoms with Gasteiger partial charge in [0.2, 0.25) is 11.8 Å². The molecule has 0 spiro atoms. The highest BCUT2D eigenvalue weighted by Gasteiger charge is 2.43. The summed E-state index contributed by atoms with van der Waals surface area (Å²) in [5.74, 6) is -2.61. The number of rotatable bonds is 3. The molecule has 0 aromatic rings. The van der Waals surface area contributed by atoms with Crippen LogP contribution >= 0.6 is 11.6 Å². The first-order valence-corrected chi connectivity index (χ1v) is 7.50. The highest BCUT2D eigenvalue weighted by molar-refractivity contribution is 6.18. The number of halogens is 3. The third-order valence-corrected chi connectivity index (χ3v) is 4.22. The van der Waals surface area contributed by atoms with Crippen molar-refractivity contribution < 1.29 is 13.6 Å². The van der Waals surface area contributed by atoms with Gasteiger partial charge in [0.1, 0.15) is 0 Å². The molecule has 0 aromatic carbocycles. The summed E-state index contributed by atoms with van der Waals surface area (Å²) in [7, 11) is 0. The van der Waals surface area contributed by atoms with Gasteiger partial charge in [0.15, 0.2) is 0 Å². The molecule has 0 bridgehead atoms. The molecular formula is C13H21ClF2N2O. The molecule has 1 amide bonds. The molecule has 0 radical (unpaired) electrons. The molecule has 110 valence electrons. The van der Waals surface area contributed by atoms with Crippen molar-refractivity contribution in [3.05, 3.63) is 0 Å². The zero-order chi connectivity index (χ0) is 13.9.